The second-order valence-corrected chi connectivity index (χ2v) is 5.95. The van der Waals surface area contributed by atoms with E-state index in [9.17, 15) is 4.79 Å². The maximum absolute atomic E-state index is 10.7. The van der Waals surface area contributed by atoms with Crippen molar-refractivity contribution >= 4 is 53.8 Å². The van der Waals surface area contributed by atoms with Gasteiger partial charge in [0.15, 0.2) is 0 Å². The smallest absolute Gasteiger partial charge is 0.330 e. The van der Waals surface area contributed by atoms with Crippen molar-refractivity contribution in [3.8, 4) is 5.75 Å². The molecule has 20 heavy (non-hydrogen) atoms. The van der Waals surface area contributed by atoms with Gasteiger partial charge < -0.3 is 14.2 Å². The van der Waals surface area contributed by atoms with Crippen LogP contribution < -0.4 is 4.74 Å². The zero-order chi connectivity index (χ0) is 15.0. The molecule has 0 N–H and O–H groups in total. The molecule has 7 heteroatoms. The Balaban J connectivity index is 2.20. The average Bonchev–Trinajstić information content (AvgIpc) is 2.45. The third-order valence-electron chi connectivity index (χ3n) is 2.12. The van der Waals surface area contributed by atoms with Crippen molar-refractivity contribution in [2.75, 3.05) is 26.4 Å². The topological polar surface area (TPSA) is 44.8 Å². The van der Waals surface area contributed by atoms with Crippen molar-refractivity contribution in [3.05, 3.63) is 38.2 Å². The van der Waals surface area contributed by atoms with E-state index in [-0.39, 0.29) is 6.61 Å². The fourth-order valence-corrected chi connectivity index (χ4v) is 2.58. The lowest BCUT2D eigenvalue weighted by Gasteiger charge is -2.10. The predicted molar refractivity (Wildman–Crippen MR) is 87.0 cm³/mol. The molecule has 4 nitrogen and oxygen atoms in total. The summed E-state index contributed by atoms with van der Waals surface area (Å²) in [5.41, 5.74) is 0. The van der Waals surface area contributed by atoms with Crippen LogP contribution in [0.25, 0.3) is 0 Å². The van der Waals surface area contributed by atoms with Crippen LogP contribution >= 0.6 is 47.8 Å². The predicted octanol–water partition coefficient (Wildman–Crippen LogP) is 4.10. The second kappa shape index (κ2) is 9.55. The van der Waals surface area contributed by atoms with Crippen LogP contribution in [0.15, 0.2) is 38.2 Å². The summed E-state index contributed by atoms with van der Waals surface area (Å²) >= 11 is 10.3. The Morgan fingerprint density at radius 2 is 1.80 bits per heavy atom. The maximum Gasteiger partial charge on any atom is 0.330 e. The lowest BCUT2D eigenvalue weighted by Crippen LogP contribution is -2.12. The highest BCUT2D eigenvalue weighted by Gasteiger charge is 2.08. The van der Waals surface area contributed by atoms with Gasteiger partial charge in [-0.2, -0.15) is 0 Å². The number of carbonyl (C=O) groups excluding carboxylic acids is 1. The van der Waals surface area contributed by atoms with E-state index in [2.05, 4.69) is 54.4 Å². The number of hydrogen-bond donors (Lipinski definition) is 0. The number of carbonyl (C=O) groups is 1. The average molecular weight is 473 g/mol. The van der Waals surface area contributed by atoms with Gasteiger partial charge in [0, 0.05) is 15.0 Å². The maximum atomic E-state index is 10.7. The number of hydrogen-bond acceptors (Lipinski definition) is 4. The van der Waals surface area contributed by atoms with Crippen molar-refractivity contribution in [2.24, 2.45) is 0 Å². The fraction of sp³-hybridized carbons (Fsp3) is 0.308. The number of rotatable bonds is 8. The van der Waals surface area contributed by atoms with Gasteiger partial charge in [0.25, 0.3) is 0 Å². The number of esters is 1. The molecule has 0 saturated carbocycles. The van der Waals surface area contributed by atoms with E-state index >= 15 is 0 Å². The van der Waals surface area contributed by atoms with Crippen LogP contribution in [-0.4, -0.2) is 32.4 Å². The molecule has 0 aliphatic heterocycles. The molecule has 0 aliphatic rings. The molecule has 110 valence electrons. The molecular weight excluding hydrogens is 460 g/mol. The summed E-state index contributed by atoms with van der Waals surface area (Å²) in [6, 6.07) is 3.74. The summed E-state index contributed by atoms with van der Waals surface area (Å²) in [4.78, 5) is 10.7. The minimum Gasteiger partial charge on any atom is -0.490 e. The van der Waals surface area contributed by atoms with Crippen LogP contribution in [0.3, 0.4) is 0 Å². The zero-order valence-electron chi connectivity index (χ0n) is 10.5. The van der Waals surface area contributed by atoms with Gasteiger partial charge in [-0.15, -0.1) is 0 Å². The summed E-state index contributed by atoms with van der Waals surface area (Å²) in [7, 11) is 0. The first kappa shape index (κ1) is 17.7. The Labute approximate surface area is 142 Å². The SMILES string of the molecule is C=CC(=O)OCCOCCOc1ccc(Br)c(Br)c1Br. The minimum atomic E-state index is -0.450. The van der Waals surface area contributed by atoms with Crippen molar-refractivity contribution in [1.82, 2.24) is 0 Å². The summed E-state index contributed by atoms with van der Waals surface area (Å²) in [6.45, 7) is 4.64. The molecule has 0 spiro atoms. The molecule has 0 amide bonds. The molecule has 0 heterocycles. The quantitative estimate of drug-likeness (QED) is 0.247. The Hall–Kier alpha value is -0.370. The van der Waals surface area contributed by atoms with E-state index in [0.717, 1.165) is 25.2 Å². The van der Waals surface area contributed by atoms with Crippen LogP contribution in [0.5, 0.6) is 5.75 Å². The molecule has 0 aromatic heterocycles. The molecule has 0 saturated heterocycles. The lowest BCUT2D eigenvalue weighted by molar-refractivity contribution is -0.139. The second-order valence-electron chi connectivity index (χ2n) is 3.51. The molecule has 0 unspecified atom stereocenters. The highest BCUT2D eigenvalue weighted by molar-refractivity contribution is 9.14. The number of benzene rings is 1. The Morgan fingerprint density at radius 3 is 2.50 bits per heavy atom. The zero-order valence-corrected chi connectivity index (χ0v) is 15.3. The summed E-state index contributed by atoms with van der Waals surface area (Å²) in [5.74, 6) is 0.273. The summed E-state index contributed by atoms with van der Waals surface area (Å²) in [5, 5.41) is 0. The molecule has 0 fully saturated rings. The van der Waals surface area contributed by atoms with E-state index < -0.39 is 5.97 Å². The number of halogens is 3. The normalized spacial score (nSPS) is 10.2. The number of ether oxygens (including phenoxy) is 3. The van der Waals surface area contributed by atoms with Crippen molar-refractivity contribution < 1.29 is 19.0 Å². The molecule has 0 aliphatic carbocycles. The van der Waals surface area contributed by atoms with Crippen LogP contribution in [0.2, 0.25) is 0 Å². The first-order valence-corrected chi connectivity index (χ1v) is 8.07. The van der Waals surface area contributed by atoms with Crippen LogP contribution in [0.4, 0.5) is 0 Å². The Bertz CT molecular complexity index is 477. The van der Waals surface area contributed by atoms with Gasteiger partial charge in [0.05, 0.1) is 17.7 Å². The molecular formula is C13H13Br3O4. The van der Waals surface area contributed by atoms with E-state index in [0.29, 0.717) is 19.8 Å². The fourth-order valence-electron chi connectivity index (χ4n) is 1.19. The van der Waals surface area contributed by atoms with Crippen molar-refractivity contribution in [2.45, 2.75) is 0 Å². The van der Waals surface area contributed by atoms with Crippen molar-refractivity contribution in [3.63, 3.8) is 0 Å². The molecule has 1 aromatic rings. The van der Waals surface area contributed by atoms with Gasteiger partial charge in [-0.05, 0) is 59.9 Å². The molecule has 0 bridgehead atoms. The minimum absolute atomic E-state index is 0.207. The third kappa shape index (κ3) is 5.95. The molecule has 0 atom stereocenters. The van der Waals surface area contributed by atoms with Gasteiger partial charge in [0.1, 0.15) is 19.0 Å². The van der Waals surface area contributed by atoms with Crippen LogP contribution in [-0.2, 0) is 14.3 Å². The summed E-state index contributed by atoms with van der Waals surface area (Å²) in [6.07, 6.45) is 1.12. The highest BCUT2D eigenvalue weighted by atomic mass is 79.9. The largest absolute Gasteiger partial charge is 0.490 e. The molecule has 1 rings (SSSR count). The van der Waals surface area contributed by atoms with Gasteiger partial charge in [-0.25, -0.2) is 4.79 Å². The lowest BCUT2D eigenvalue weighted by atomic mass is 10.3. The van der Waals surface area contributed by atoms with Gasteiger partial charge in [0.2, 0.25) is 0 Å². The first-order valence-electron chi connectivity index (χ1n) is 5.69. The van der Waals surface area contributed by atoms with E-state index in [1.807, 2.05) is 12.1 Å². The molecule has 0 radical (unpaired) electrons. The van der Waals surface area contributed by atoms with Gasteiger partial charge in [-0.3, -0.25) is 0 Å². The Morgan fingerprint density at radius 1 is 1.10 bits per heavy atom. The summed E-state index contributed by atoms with van der Waals surface area (Å²) < 4.78 is 18.3. The van der Waals surface area contributed by atoms with Crippen LogP contribution in [0.1, 0.15) is 0 Å². The van der Waals surface area contributed by atoms with Crippen molar-refractivity contribution in [1.29, 1.82) is 0 Å². The van der Waals surface area contributed by atoms with Gasteiger partial charge >= 0.3 is 5.97 Å². The third-order valence-corrected chi connectivity index (χ3v) is 5.46. The monoisotopic (exact) mass is 470 g/mol. The van der Waals surface area contributed by atoms with E-state index in [4.69, 9.17) is 14.2 Å². The van der Waals surface area contributed by atoms with Gasteiger partial charge in [-0.1, -0.05) is 6.58 Å². The van der Waals surface area contributed by atoms with E-state index in [1.54, 1.807) is 0 Å². The van der Waals surface area contributed by atoms with Crippen LogP contribution in [0, 0.1) is 0 Å². The molecule has 1 aromatic carbocycles. The first-order chi connectivity index (χ1) is 9.56. The Kier molecular flexibility index (Phi) is 8.44. The van der Waals surface area contributed by atoms with E-state index in [1.165, 1.54) is 0 Å². The highest BCUT2D eigenvalue weighted by Crippen LogP contribution is 2.37. The standard InChI is InChI=1S/C13H13Br3O4/c1-2-11(17)20-8-6-18-5-7-19-10-4-3-9(14)12(15)13(10)16/h2-4H,1,5-8H2.